The molecule has 196 valence electrons. The minimum Gasteiger partial charge on any atom is -0.497 e. The van der Waals surface area contributed by atoms with E-state index in [1.54, 1.807) is 54.5 Å². The molecule has 3 aromatic carbocycles. The number of hydrogen-bond acceptors (Lipinski definition) is 6. The fraction of sp³-hybridized carbons (Fsp3) is 0.241. The summed E-state index contributed by atoms with van der Waals surface area (Å²) in [4.78, 5) is 28.6. The number of rotatable bonds is 9. The van der Waals surface area contributed by atoms with Gasteiger partial charge in [-0.3, -0.25) is 14.2 Å². The lowest BCUT2D eigenvalue weighted by Crippen LogP contribution is -2.50. The summed E-state index contributed by atoms with van der Waals surface area (Å²) in [5.74, 6) is 0.246. The number of ether oxygens (including phenoxy) is 1. The molecule has 8 nitrogen and oxygen atoms in total. The number of hydrogen-bond donors (Lipinski definition) is 1. The largest absolute Gasteiger partial charge is 0.497 e. The number of sulfone groups is 1. The third kappa shape index (κ3) is 5.20. The number of fused-ring (bicyclic) bond motifs is 3. The molecule has 4 aromatic rings. The Morgan fingerprint density at radius 2 is 1.71 bits per heavy atom. The van der Waals surface area contributed by atoms with Crippen molar-refractivity contribution in [1.82, 2.24) is 14.8 Å². The molecule has 1 aliphatic rings. The number of nitrogens with zero attached hydrogens (tertiary/aromatic N) is 2. The summed E-state index contributed by atoms with van der Waals surface area (Å²) < 4.78 is 31.4. The van der Waals surface area contributed by atoms with E-state index in [9.17, 15) is 18.0 Å². The minimum absolute atomic E-state index is 0.0471. The van der Waals surface area contributed by atoms with Gasteiger partial charge in [0.15, 0.2) is 9.84 Å². The smallest absolute Gasteiger partial charge is 0.271 e. The summed E-state index contributed by atoms with van der Waals surface area (Å²) in [6.45, 7) is 0.538. The summed E-state index contributed by atoms with van der Waals surface area (Å²) in [7, 11) is -1.82. The fourth-order valence-corrected chi connectivity index (χ4v) is 5.94. The highest BCUT2D eigenvalue weighted by Gasteiger charge is 2.33. The first-order valence-corrected chi connectivity index (χ1v) is 14.2. The fourth-order valence-electron chi connectivity index (χ4n) is 4.99. The average molecular weight is 532 g/mol. The number of carbonyl (C=O) groups is 2. The maximum absolute atomic E-state index is 13.5. The number of benzene rings is 3. The Morgan fingerprint density at radius 3 is 2.45 bits per heavy atom. The van der Waals surface area contributed by atoms with Gasteiger partial charge in [0.2, 0.25) is 0 Å². The molecule has 1 N–H and O–H groups in total. The van der Waals surface area contributed by atoms with E-state index >= 15 is 0 Å². The topological polar surface area (TPSA) is 97.7 Å². The Bertz CT molecular complexity index is 1610. The second-order valence-corrected chi connectivity index (χ2v) is 11.5. The van der Waals surface area contributed by atoms with Crippen molar-refractivity contribution >= 4 is 32.6 Å². The van der Waals surface area contributed by atoms with Gasteiger partial charge in [0, 0.05) is 30.8 Å². The zero-order valence-corrected chi connectivity index (χ0v) is 22.1. The van der Waals surface area contributed by atoms with Crippen LogP contribution in [0.25, 0.3) is 10.9 Å². The SMILES string of the molecule is COc1ccc2c(c1)cc1n2C(=O)CN(C[C@H](Cc2ccccc2)NCc2ccccc2S(C)(=O)=O)C1=O. The van der Waals surface area contributed by atoms with Crippen molar-refractivity contribution < 1.29 is 22.7 Å². The van der Waals surface area contributed by atoms with Gasteiger partial charge >= 0.3 is 0 Å². The van der Waals surface area contributed by atoms with Crippen LogP contribution in [0, 0.1) is 0 Å². The summed E-state index contributed by atoms with van der Waals surface area (Å²) in [5.41, 5.74) is 2.72. The quantitative estimate of drug-likeness (QED) is 0.355. The summed E-state index contributed by atoms with van der Waals surface area (Å²) in [6.07, 6.45) is 1.79. The maximum atomic E-state index is 13.5. The van der Waals surface area contributed by atoms with E-state index in [4.69, 9.17) is 4.74 Å². The van der Waals surface area contributed by atoms with Gasteiger partial charge in [0.1, 0.15) is 18.0 Å². The predicted octanol–water partition coefficient (Wildman–Crippen LogP) is 3.55. The van der Waals surface area contributed by atoms with Crippen molar-refractivity contribution in [2.75, 3.05) is 26.5 Å². The molecule has 9 heteroatoms. The molecule has 1 aliphatic heterocycles. The summed E-state index contributed by atoms with van der Waals surface area (Å²) in [5, 5.41) is 4.22. The maximum Gasteiger partial charge on any atom is 0.271 e. The molecule has 0 bridgehead atoms. The van der Waals surface area contributed by atoms with Crippen LogP contribution < -0.4 is 10.1 Å². The Morgan fingerprint density at radius 1 is 0.974 bits per heavy atom. The van der Waals surface area contributed by atoms with Crippen LogP contribution in [0.1, 0.15) is 26.4 Å². The lowest BCUT2D eigenvalue weighted by molar-refractivity contribution is 0.0608. The van der Waals surface area contributed by atoms with Crippen LogP contribution in [0.4, 0.5) is 0 Å². The van der Waals surface area contributed by atoms with E-state index in [2.05, 4.69) is 5.32 Å². The highest BCUT2D eigenvalue weighted by Crippen LogP contribution is 2.28. The van der Waals surface area contributed by atoms with Gasteiger partial charge in [-0.1, -0.05) is 48.5 Å². The van der Waals surface area contributed by atoms with Crippen LogP contribution in [-0.2, 0) is 22.8 Å². The second-order valence-electron chi connectivity index (χ2n) is 9.52. The van der Waals surface area contributed by atoms with E-state index in [0.29, 0.717) is 35.5 Å². The molecule has 0 unspecified atom stereocenters. The van der Waals surface area contributed by atoms with Crippen molar-refractivity contribution in [1.29, 1.82) is 0 Å². The van der Waals surface area contributed by atoms with Crippen molar-refractivity contribution in [3.8, 4) is 5.75 Å². The van der Waals surface area contributed by atoms with Gasteiger partial charge in [0.25, 0.3) is 11.8 Å². The molecule has 1 atom stereocenters. The number of methoxy groups -OCH3 is 1. The molecular formula is C29H29N3O5S. The number of aromatic nitrogens is 1. The molecule has 1 amide bonds. The third-order valence-corrected chi connectivity index (χ3v) is 8.01. The number of amides is 1. The molecule has 0 fully saturated rings. The van der Waals surface area contributed by atoms with Crippen LogP contribution in [0.3, 0.4) is 0 Å². The molecule has 38 heavy (non-hydrogen) atoms. The van der Waals surface area contributed by atoms with E-state index in [-0.39, 0.29) is 35.8 Å². The highest BCUT2D eigenvalue weighted by atomic mass is 32.2. The summed E-state index contributed by atoms with van der Waals surface area (Å²) >= 11 is 0. The van der Waals surface area contributed by atoms with E-state index in [1.165, 1.54) is 10.8 Å². The van der Waals surface area contributed by atoms with Crippen molar-refractivity contribution in [2.45, 2.75) is 23.9 Å². The van der Waals surface area contributed by atoms with Gasteiger partial charge in [-0.25, -0.2) is 8.42 Å². The molecule has 0 saturated carbocycles. The van der Waals surface area contributed by atoms with Crippen molar-refractivity contribution in [2.24, 2.45) is 0 Å². The van der Waals surface area contributed by atoms with Crippen LogP contribution in [-0.4, -0.2) is 62.2 Å². The standard InChI is InChI=1S/C29H29N3O5S/c1-37-24-12-13-25-22(15-24)16-26-29(34)31(19-28(33)32(25)26)18-23(14-20-8-4-3-5-9-20)30-17-21-10-6-7-11-27(21)38(2,35)36/h3-13,15-16,23,30H,14,17-19H2,1-2H3/t23-/m0/s1. The molecule has 0 saturated heterocycles. The molecule has 0 spiro atoms. The Kier molecular flexibility index (Phi) is 7.05. The second kappa shape index (κ2) is 10.4. The van der Waals surface area contributed by atoms with Crippen LogP contribution >= 0.6 is 0 Å². The van der Waals surface area contributed by atoms with E-state index < -0.39 is 9.84 Å². The lowest BCUT2D eigenvalue weighted by atomic mass is 10.0. The Hall–Kier alpha value is -3.95. The third-order valence-electron chi connectivity index (χ3n) is 6.81. The first-order valence-electron chi connectivity index (χ1n) is 12.3. The van der Waals surface area contributed by atoms with Gasteiger partial charge in [-0.05, 0) is 47.9 Å². The predicted molar refractivity (Wildman–Crippen MR) is 145 cm³/mol. The Balaban J connectivity index is 1.41. The van der Waals surface area contributed by atoms with Crippen molar-refractivity contribution in [3.05, 3.63) is 95.7 Å². The van der Waals surface area contributed by atoms with Gasteiger partial charge in [-0.2, -0.15) is 0 Å². The zero-order chi connectivity index (χ0) is 26.9. The summed E-state index contributed by atoms with van der Waals surface area (Å²) in [6, 6.07) is 23.6. The number of nitrogens with one attached hydrogen (secondary N) is 1. The Labute approximate surface area is 221 Å². The van der Waals surface area contributed by atoms with Crippen LogP contribution in [0.2, 0.25) is 0 Å². The molecule has 0 aliphatic carbocycles. The van der Waals surface area contributed by atoms with E-state index in [0.717, 1.165) is 10.9 Å². The highest BCUT2D eigenvalue weighted by molar-refractivity contribution is 7.90. The van der Waals surface area contributed by atoms with Crippen molar-refractivity contribution in [3.63, 3.8) is 0 Å². The number of carbonyl (C=O) groups excluding carboxylic acids is 2. The monoisotopic (exact) mass is 531 g/mol. The first kappa shape index (κ1) is 25.7. The zero-order valence-electron chi connectivity index (χ0n) is 21.3. The normalized spacial score (nSPS) is 14.5. The van der Waals surface area contributed by atoms with Crippen LogP contribution in [0.5, 0.6) is 5.75 Å². The molecule has 0 radical (unpaired) electrons. The molecular weight excluding hydrogens is 502 g/mol. The lowest BCUT2D eigenvalue weighted by Gasteiger charge is -2.31. The van der Waals surface area contributed by atoms with Gasteiger partial charge < -0.3 is 15.0 Å². The minimum atomic E-state index is -3.40. The van der Waals surface area contributed by atoms with E-state index in [1.807, 2.05) is 36.4 Å². The first-order chi connectivity index (χ1) is 18.2. The molecule has 1 aromatic heterocycles. The molecule has 5 rings (SSSR count). The van der Waals surface area contributed by atoms with Crippen LogP contribution in [0.15, 0.2) is 83.8 Å². The van der Waals surface area contributed by atoms with Gasteiger partial charge in [-0.15, -0.1) is 0 Å². The average Bonchev–Trinajstić information content (AvgIpc) is 3.30. The molecule has 2 heterocycles. The van der Waals surface area contributed by atoms with Gasteiger partial charge in [0.05, 0.1) is 17.5 Å².